The zero-order valence-electron chi connectivity index (χ0n) is 31.9. The predicted octanol–water partition coefficient (Wildman–Crippen LogP) is 12.9. The first-order valence-electron chi connectivity index (χ1n) is 18.2. The molecule has 3 nitrogen and oxygen atoms in total. The number of anilines is 2. The number of para-hydroxylation sites is 1. The van der Waals surface area contributed by atoms with Gasteiger partial charge in [0, 0.05) is 63.5 Å². The van der Waals surface area contributed by atoms with E-state index in [0.29, 0.717) is 0 Å². The second-order valence-electron chi connectivity index (χ2n) is 13.9. The van der Waals surface area contributed by atoms with E-state index in [1.165, 1.54) is 67.0 Å². The third-order valence-electron chi connectivity index (χ3n) is 11.0. The van der Waals surface area contributed by atoms with Crippen molar-refractivity contribution in [1.29, 1.82) is 0 Å². The van der Waals surface area contributed by atoms with Crippen LogP contribution in [0.3, 0.4) is 0 Å². The largest absolute Gasteiger partial charge is 0.497 e. The summed E-state index contributed by atoms with van der Waals surface area (Å²) in [4.78, 5) is 8.98. The molecule has 0 unspecified atom stereocenters. The molecule has 2 radical (unpaired) electrons. The Morgan fingerprint density at radius 1 is 0.473 bits per heavy atom. The minimum Gasteiger partial charge on any atom is -0.497 e. The van der Waals surface area contributed by atoms with E-state index in [9.17, 15) is 0 Å². The van der Waals surface area contributed by atoms with Gasteiger partial charge < -0.3 is 14.8 Å². The minimum absolute atomic E-state index is 0. The number of pyridine rings is 1. The van der Waals surface area contributed by atoms with Crippen molar-refractivity contribution in [3.05, 3.63) is 192 Å². The number of nitrogens with zero attached hydrogens (tertiary/aromatic N) is 3. The standard InChI is InChI=1S/C50H42N3.2Ir/c1-33-35(3)50(36(4)34(2)49(33)46-20-12-10-18-44(46)39-23-25-41(26-24-39)48-22-14-15-31-51-48)47-21-13-11-19-45(47)40-27-29-43(30-28-40)53-32-52(37(5)38(53)6)42-16-8-7-9-17-42;;/h7-25,27-29,31-32H,1-6H3;;/q-3;;. The van der Waals surface area contributed by atoms with Crippen molar-refractivity contribution in [1.82, 2.24) is 4.98 Å². The van der Waals surface area contributed by atoms with Crippen LogP contribution in [-0.2, 0) is 40.2 Å². The number of benzene rings is 6. The van der Waals surface area contributed by atoms with Crippen molar-refractivity contribution < 1.29 is 40.2 Å². The van der Waals surface area contributed by atoms with Crippen LogP contribution >= 0.6 is 0 Å². The van der Waals surface area contributed by atoms with Crippen molar-refractivity contribution in [2.24, 2.45) is 0 Å². The molecular weight excluding hydrogens is 1030 g/mol. The molecule has 8 rings (SSSR count). The van der Waals surface area contributed by atoms with Crippen LogP contribution in [-0.4, -0.2) is 4.98 Å². The Labute approximate surface area is 353 Å². The van der Waals surface area contributed by atoms with Crippen LogP contribution in [0.5, 0.6) is 0 Å². The molecule has 278 valence electrons. The molecule has 0 aliphatic carbocycles. The van der Waals surface area contributed by atoms with Crippen molar-refractivity contribution in [2.75, 3.05) is 9.80 Å². The topological polar surface area (TPSA) is 19.4 Å². The summed E-state index contributed by atoms with van der Waals surface area (Å²) in [5.41, 5.74) is 21.5. The SMILES string of the molecule is CC1=C(C)N(c2ccccc2)[CH-]N1c1[c-]cc(-c2ccccc2-c2c(C)c(C)c(-c3ccccc3-c3c[c-]c(-c4ccccn4)cc3)c(C)c2C)cc1.[Ir].[Ir]. The van der Waals surface area contributed by atoms with Gasteiger partial charge in [-0.05, 0) is 110 Å². The van der Waals surface area contributed by atoms with Crippen LogP contribution in [0.1, 0.15) is 36.1 Å². The number of aromatic nitrogens is 1. The number of allylic oxidation sites excluding steroid dienone is 2. The average molecular weight is 1070 g/mol. The summed E-state index contributed by atoms with van der Waals surface area (Å²) in [6.07, 6.45) is 1.83. The molecule has 0 amide bonds. The summed E-state index contributed by atoms with van der Waals surface area (Å²) in [6.45, 7) is 15.6. The zero-order valence-corrected chi connectivity index (χ0v) is 36.7. The molecule has 0 N–H and O–H groups in total. The Kier molecular flexibility index (Phi) is 12.2. The van der Waals surface area contributed by atoms with Crippen LogP contribution in [0, 0.1) is 46.5 Å². The fraction of sp³-hybridized carbons (Fsp3) is 0.120. The molecule has 1 aliphatic rings. The third kappa shape index (κ3) is 7.43. The maximum atomic E-state index is 4.52. The number of hydrogen-bond donors (Lipinski definition) is 0. The minimum atomic E-state index is 0. The smallest absolute Gasteiger partial charge is 0.0160 e. The van der Waals surface area contributed by atoms with Crippen molar-refractivity contribution >= 4 is 11.4 Å². The Morgan fingerprint density at radius 2 is 0.964 bits per heavy atom. The molecule has 7 aromatic rings. The second-order valence-corrected chi connectivity index (χ2v) is 13.9. The van der Waals surface area contributed by atoms with Gasteiger partial charge in [0.05, 0.1) is 0 Å². The van der Waals surface area contributed by atoms with Gasteiger partial charge in [0.25, 0.3) is 0 Å². The van der Waals surface area contributed by atoms with Crippen LogP contribution in [0.25, 0.3) is 55.8 Å². The molecule has 2 heterocycles. The van der Waals surface area contributed by atoms with Crippen LogP contribution in [0.4, 0.5) is 11.4 Å². The van der Waals surface area contributed by atoms with Crippen molar-refractivity contribution in [3.8, 4) is 55.8 Å². The maximum Gasteiger partial charge on any atom is 0.0160 e. The van der Waals surface area contributed by atoms with Gasteiger partial charge in [-0.15, -0.1) is 53.8 Å². The second kappa shape index (κ2) is 16.9. The van der Waals surface area contributed by atoms with Gasteiger partial charge in [-0.25, -0.2) is 0 Å². The van der Waals surface area contributed by atoms with Gasteiger partial charge in [0.1, 0.15) is 0 Å². The van der Waals surface area contributed by atoms with Crippen molar-refractivity contribution in [3.63, 3.8) is 0 Å². The van der Waals surface area contributed by atoms with E-state index in [2.05, 4.69) is 190 Å². The molecule has 1 aliphatic heterocycles. The molecule has 0 fully saturated rings. The third-order valence-corrected chi connectivity index (χ3v) is 11.0. The molecule has 0 saturated carbocycles. The van der Waals surface area contributed by atoms with E-state index < -0.39 is 0 Å². The average Bonchev–Trinajstić information content (AvgIpc) is 3.51. The van der Waals surface area contributed by atoms with Crippen LogP contribution in [0.2, 0.25) is 0 Å². The fourth-order valence-corrected chi connectivity index (χ4v) is 7.76. The molecule has 0 spiro atoms. The first-order chi connectivity index (χ1) is 25.8. The Hall–Kier alpha value is -4.89. The molecule has 6 aromatic carbocycles. The van der Waals surface area contributed by atoms with Gasteiger partial charge >= 0.3 is 0 Å². The van der Waals surface area contributed by atoms with Crippen LogP contribution < -0.4 is 9.80 Å². The molecule has 1 aromatic heterocycles. The Bertz CT molecular complexity index is 2440. The predicted molar refractivity (Wildman–Crippen MR) is 222 cm³/mol. The monoisotopic (exact) mass is 1070 g/mol. The Morgan fingerprint density at radius 3 is 1.45 bits per heavy atom. The summed E-state index contributed by atoms with van der Waals surface area (Å²) in [5.74, 6) is 0. The molecule has 5 heteroatoms. The van der Waals surface area contributed by atoms with Crippen LogP contribution in [0.15, 0.2) is 151 Å². The molecular formula is C50H42Ir2N3-3. The fourth-order valence-electron chi connectivity index (χ4n) is 7.76. The normalized spacial score (nSPS) is 12.4. The molecule has 0 bridgehead atoms. The quantitative estimate of drug-likeness (QED) is 0.148. The van der Waals surface area contributed by atoms with Gasteiger partial charge in [-0.1, -0.05) is 95.6 Å². The number of rotatable bonds is 7. The van der Waals surface area contributed by atoms with E-state index in [1.807, 2.05) is 24.4 Å². The first-order valence-corrected chi connectivity index (χ1v) is 18.2. The summed E-state index contributed by atoms with van der Waals surface area (Å²) >= 11 is 0. The van der Waals surface area contributed by atoms with Gasteiger partial charge in [0.2, 0.25) is 0 Å². The van der Waals surface area contributed by atoms with E-state index in [-0.39, 0.29) is 40.2 Å². The molecule has 0 atom stereocenters. The summed E-state index contributed by atoms with van der Waals surface area (Å²) in [6, 6.07) is 54.1. The summed E-state index contributed by atoms with van der Waals surface area (Å²) in [5, 5.41) is 0. The van der Waals surface area contributed by atoms with E-state index >= 15 is 0 Å². The summed E-state index contributed by atoms with van der Waals surface area (Å²) < 4.78 is 0. The molecule has 55 heavy (non-hydrogen) atoms. The van der Waals surface area contributed by atoms with Crippen molar-refractivity contribution in [2.45, 2.75) is 41.5 Å². The maximum absolute atomic E-state index is 4.52. The summed E-state index contributed by atoms with van der Waals surface area (Å²) in [7, 11) is 0. The van der Waals surface area contributed by atoms with Gasteiger partial charge in [-0.2, -0.15) is 18.2 Å². The van der Waals surface area contributed by atoms with E-state index in [1.54, 1.807) is 0 Å². The Balaban J connectivity index is 0.00000257. The zero-order chi connectivity index (χ0) is 36.6. The number of hydrogen-bond acceptors (Lipinski definition) is 3. The molecule has 0 saturated heterocycles. The van der Waals surface area contributed by atoms with E-state index in [0.717, 1.165) is 33.8 Å². The van der Waals surface area contributed by atoms with Gasteiger partial charge in [-0.3, -0.25) is 0 Å². The van der Waals surface area contributed by atoms with Gasteiger partial charge in [0.15, 0.2) is 0 Å². The van der Waals surface area contributed by atoms with E-state index in [4.69, 9.17) is 0 Å². The first kappa shape index (κ1) is 39.8.